The molecule has 1 aromatic heterocycles. The van der Waals surface area contributed by atoms with E-state index in [0.717, 1.165) is 30.8 Å². The number of nitrogens with zero attached hydrogens (tertiary/aromatic N) is 2. The summed E-state index contributed by atoms with van der Waals surface area (Å²) in [5.41, 5.74) is 1.61. The number of fused-ring (bicyclic) bond motifs is 2. The van der Waals surface area contributed by atoms with Crippen molar-refractivity contribution in [2.45, 2.75) is 12.5 Å². The number of carbonyl (C=O) groups excluding carboxylic acids is 1. The number of hydrogen-bond donors (Lipinski definition) is 1. The number of piperidine rings is 1. The number of rotatable bonds is 2. The van der Waals surface area contributed by atoms with Gasteiger partial charge in [0.1, 0.15) is 5.82 Å². The van der Waals surface area contributed by atoms with E-state index in [4.69, 9.17) is 0 Å². The third kappa shape index (κ3) is 2.41. The van der Waals surface area contributed by atoms with Crippen molar-refractivity contribution in [1.29, 1.82) is 0 Å². The van der Waals surface area contributed by atoms with E-state index in [2.05, 4.69) is 10.2 Å². The Morgan fingerprint density at radius 3 is 2.86 bits per heavy atom. The number of hydrogen-bond acceptors (Lipinski definition) is 2. The Kier molecular flexibility index (Phi) is 3.22. The molecule has 1 aromatic carbocycles. The highest BCUT2D eigenvalue weighted by Gasteiger charge is 2.38. The first kappa shape index (κ1) is 13.5. The summed E-state index contributed by atoms with van der Waals surface area (Å²) in [6.07, 6.45) is 4.64. The van der Waals surface area contributed by atoms with Crippen LogP contribution in [0.4, 0.5) is 9.18 Å². The largest absolute Gasteiger partial charge is 0.333 e. The molecule has 1 amide bonds. The minimum Gasteiger partial charge on any atom is -0.333 e. The molecule has 2 aliphatic heterocycles. The molecule has 2 bridgehead atoms. The molecule has 3 atom stereocenters. The Bertz CT molecular complexity index is 711. The van der Waals surface area contributed by atoms with Crippen molar-refractivity contribution >= 4 is 6.03 Å². The second kappa shape index (κ2) is 5.25. The fourth-order valence-corrected chi connectivity index (χ4v) is 3.54. The van der Waals surface area contributed by atoms with E-state index >= 15 is 0 Å². The van der Waals surface area contributed by atoms with Crippen LogP contribution in [-0.2, 0) is 0 Å². The van der Waals surface area contributed by atoms with Crippen molar-refractivity contribution in [3.8, 4) is 11.1 Å². The quantitative estimate of drug-likeness (QED) is 0.925. The zero-order chi connectivity index (χ0) is 15.1. The summed E-state index contributed by atoms with van der Waals surface area (Å²) >= 11 is 0. The third-order valence-electron chi connectivity index (χ3n) is 4.73. The Morgan fingerprint density at radius 2 is 2.14 bits per heavy atom. The minimum absolute atomic E-state index is 0.110. The van der Waals surface area contributed by atoms with E-state index in [1.54, 1.807) is 23.0 Å². The lowest BCUT2D eigenvalue weighted by atomic mass is 10.0. The summed E-state index contributed by atoms with van der Waals surface area (Å²) in [5, 5.41) is 3.11. The van der Waals surface area contributed by atoms with E-state index < -0.39 is 0 Å². The van der Waals surface area contributed by atoms with E-state index in [9.17, 15) is 9.18 Å². The fraction of sp³-hybridized carbons (Fsp3) is 0.353. The first-order valence-corrected chi connectivity index (χ1v) is 7.66. The van der Waals surface area contributed by atoms with Crippen molar-refractivity contribution in [3.63, 3.8) is 0 Å². The van der Waals surface area contributed by atoms with E-state index in [-0.39, 0.29) is 17.9 Å². The van der Waals surface area contributed by atoms with Crippen molar-refractivity contribution in [2.75, 3.05) is 19.6 Å². The molecule has 3 heterocycles. The monoisotopic (exact) mass is 299 g/mol. The summed E-state index contributed by atoms with van der Waals surface area (Å²) in [5.74, 6) is 0.313. The Balaban J connectivity index is 1.48. The standard InChI is InChI=1S/C17H18FN3O/c18-15-3-1-2-12(8-15)13-5-7-21(10-13)17(22)19-16-11-20-6-4-14(16)9-20/h1-3,5,7-8,10,14,16H,4,6,9,11H2,(H,19,22)/t14-,16?/m0/s1. The highest BCUT2D eigenvalue weighted by molar-refractivity contribution is 5.79. The SMILES string of the molecule is O=C(NC1CN2CC[C@H]1C2)n1ccc(-c2cccc(F)c2)c1. The van der Waals surface area contributed by atoms with Crippen LogP contribution in [0.5, 0.6) is 0 Å². The van der Waals surface area contributed by atoms with Crippen LogP contribution in [0.1, 0.15) is 6.42 Å². The van der Waals surface area contributed by atoms with Gasteiger partial charge in [0, 0.05) is 31.5 Å². The molecule has 2 unspecified atom stereocenters. The Morgan fingerprint density at radius 1 is 1.23 bits per heavy atom. The molecule has 4 nitrogen and oxygen atoms in total. The van der Waals surface area contributed by atoms with Gasteiger partial charge in [0.2, 0.25) is 0 Å². The number of halogens is 1. The Hall–Kier alpha value is -2.14. The molecule has 22 heavy (non-hydrogen) atoms. The fourth-order valence-electron chi connectivity index (χ4n) is 3.54. The zero-order valence-corrected chi connectivity index (χ0v) is 12.2. The number of amides is 1. The van der Waals surface area contributed by atoms with Gasteiger partial charge in [-0.3, -0.25) is 4.57 Å². The maximum atomic E-state index is 13.3. The van der Waals surface area contributed by atoms with Gasteiger partial charge in [-0.15, -0.1) is 0 Å². The molecule has 0 radical (unpaired) electrons. The molecule has 2 saturated heterocycles. The maximum Gasteiger partial charge on any atom is 0.325 e. The molecular formula is C17H18FN3O. The molecule has 0 saturated carbocycles. The van der Waals surface area contributed by atoms with Crippen molar-refractivity contribution < 1.29 is 9.18 Å². The van der Waals surface area contributed by atoms with Gasteiger partial charge >= 0.3 is 6.03 Å². The molecule has 0 aliphatic carbocycles. The van der Waals surface area contributed by atoms with E-state index in [1.165, 1.54) is 18.6 Å². The number of nitrogens with one attached hydrogen (secondary N) is 1. The molecule has 2 aromatic rings. The normalized spacial score (nSPS) is 26.3. The second-order valence-corrected chi connectivity index (χ2v) is 6.18. The number of aromatic nitrogens is 1. The van der Waals surface area contributed by atoms with Gasteiger partial charge < -0.3 is 10.2 Å². The van der Waals surface area contributed by atoms with Crippen LogP contribution in [0.15, 0.2) is 42.7 Å². The van der Waals surface area contributed by atoms with Crippen molar-refractivity contribution in [2.24, 2.45) is 5.92 Å². The lowest BCUT2D eigenvalue weighted by Gasteiger charge is -2.23. The highest BCUT2D eigenvalue weighted by atomic mass is 19.1. The maximum absolute atomic E-state index is 13.3. The summed E-state index contributed by atoms with van der Waals surface area (Å²) in [6, 6.07) is 8.37. The van der Waals surface area contributed by atoms with Gasteiger partial charge in [-0.05, 0) is 48.2 Å². The molecular weight excluding hydrogens is 281 g/mol. The van der Waals surface area contributed by atoms with Gasteiger partial charge in [-0.2, -0.15) is 0 Å². The summed E-state index contributed by atoms with van der Waals surface area (Å²) < 4.78 is 14.8. The van der Waals surface area contributed by atoms with Gasteiger partial charge in [0.25, 0.3) is 0 Å². The molecule has 114 valence electrons. The van der Waals surface area contributed by atoms with Crippen LogP contribution in [-0.4, -0.2) is 41.2 Å². The first-order chi connectivity index (χ1) is 10.7. The lowest BCUT2D eigenvalue weighted by Crippen LogP contribution is -2.44. The van der Waals surface area contributed by atoms with E-state index in [1.807, 2.05) is 12.1 Å². The molecule has 0 spiro atoms. The number of benzene rings is 1. The van der Waals surface area contributed by atoms with Crippen LogP contribution < -0.4 is 5.32 Å². The molecule has 2 fully saturated rings. The summed E-state index contributed by atoms with van der Waals surface area (Å²) in [6.45, 7) is 3.21. The lowest BCUT2D eigenvalue weighted by molar-refractivity contribution is 0.231. The van der Waals surface area contributed by atoms with Gasteiger partial charge in [0.05, 0.1) is 0 Å². The predicted molar refractivity (Wildman–Crippen MR) is 82.1 cm³/mol. The van der Waals surface area contributed by atoms with E-state index in [0.29, 0.717) is 5.92 Å². The van der Waals surface area contributed by atoms with Crippen LogP contribution in [0, 0.1) is 11.7 Å². The predicted octanol–water partition coefficient (Wildman–Crippen LogP) is 2.56. The molecule has 2 aliphatic rings. The van der Waals surface area contributed by atoms with Crippen LogP contribution in [0.25, 0.3) is 11.1 Å². The van der Waals surface area contributed by atoms with Gasteiger partial charge in [-0.25, -0.2) is 9.18 Å². The molecule has 5 heteroatoms. The number of carbonyl (C=O) groups is 1. The van der Waals surface area contributed by atoms with Crippen LogP contribution in [0.2, 0.25) is 0 Å². The van der Waals surface area contributed by atoms with Crippen molar-refractivity contribution in [3.05, 3.63) is 48.5 Å². The Labute approximate surface area is 128 Å². The average Bonchev–Trinajstić information content (AvgIpc) is 3.23. The summed E-state index contributed by atoms with van der Waals surface area (Å²) in [4.78, 5) is 14.7. The average molecular weight is 299 g/mol. The van der Waals surface area contributed by atoms with Crippen LogP contribution >= 0.6 is 0 Å². The second-order valence-electron chi connectivity index (χ2n) is 6.18. The van der Waals surface area contributed by atoms with Gasteiger partial charge in [0.15, 0.2) is 0 Å². The molecule has 4 rings (SSSR count). The summed E-state index contributed by atoms with van der Waals surface area (Å²) in [7, 11) is 0. The highest BCUT2D eigenvalue weighted by Crippen LogP contribution is 2.28. The molecule has 1 N–H and O–H groups in total. The topological polar surface area (TPSA) is 37.3 Å². The smallest absolute Gasteiger partial charge is 0.325 e. The zero-order valence-electron chi connectivity index (χ0n) is 12.2. The third-order valence-corrected chi connectivity index (χ3v) is 4.73. The van der Waals surface area contributed by atoms with Gasteiger partial charge in [-0.1, -0.05) is 12.1 Å². The minimum atomic E-state index is -0.272. The van der Waals surface area contributed by atoms with Crippen molar-refractivity contribution in [1.82, 2.24) is 14.8 Å². The van der Waals surface area contributed by atoms with Crippen LogP contribution in [0.3, 0.4) is 0 Å². The first-order valence-electron chi connectivity index (χ1n) is 7.66.